The lowest BCUT2D eigenvalue weighted by molar-refractivity contribution is -0.124. The van der Waals surface area contributed by atoms with E-state index in [0.29, 0.717) is 21.6 Å². The van der Waals surface area contributed by atoms with Crippen molar-refractivity contribution in [2.75, 3.05) is 0 Å². The minimum atomic E-state index is 0.0193. The zero-order valence-corrected chi connectivity index (χ0v) is 20.1. The number of thiophene rings is 1. The molecule has 0 aliphatic carbocycles. The molecule has 2 aromatic carbocycles. The van der Waals surface area contributed by atoms with Gasteiger partial charge in [0.1, 0.15) is 0 Å². The van der Waals surface area contributed by atoms with E-state index in [2.05, 4.69) is 18.3 Å². The highest BCUT2D eigenvalue weighted by Gasteiger charge is 2.17. The summed E-state index contributed by atoms with van der Waals surface area (Å²) in [6, 6.07) is 15.4. The number of hydrogen-bond donors (Lipinski definition) is 1. The van der Waals surface area contributed by atoms with Crippen molar-refractivity contribution in [1.82, 2.24) is 5.32 Å². The molecular weight excluding hydrogens is 457 g/mol. The first kappa shape index (κ1) is 23.1. The summed E-state index contributed by atoms with van der Waals surface area (Å²) in [6.45, 7) is 4.61. The zero-order valence-electron chi connectivity index (χ0n) is 17.0. The monoisotopic (exact) mass is 479 g/mol. The van der Waals surface area contributed by atoms with E-state index >= 15 is 0 Å². The summed E-state index contributed by atoms with van der Waals surface area (Å²) in [6.07, 6.45) is 3.07. The molecule has 6 heteroatoms. The topological polar surface area (TPSA) is 29.1 Å². The standard InChI is InChI=1S/C24H24Cl3NOS/c1-3-4-5-15(2)24(29)28-14-19-13-21(16-6-8-17(25)9-7-16)23(30-19)20-11-10-18(26)12-22(20)27/h6-13,15H,3-5,14H2,1-2H3,(H,28,29). The summed E-state index contributed by atoms with van der Waals surface area (Å²) in [5.41, 5.74) is 3.03. The van der Waals surface area contributed by atoms with E-state index in [1.807, 2.05) is 43.3 Å². The summed E-state index contributed by atoms with van der Waals surface area (Å²) in [5, 5.41) is 4.97. The molecule has 0 fully saturated rings. The quantitative estimate of drug-likeness (QED) is 0.344. The molecule has 30 heavy (non-hydrogen) atoms. The summed E-state index contributed by atoms with van der Waals surface area (Å²) in [5.74, 6) is 0.113. The van der Waals surface area contributed by atoms with Gasteiger partial charge in [0.15, 0.2) is 0 Å². The average Bonchev–Trinajstić information content (AvgIpc) is 3.14. The predicted molar refractivity (Wildman–Crippen MR) is 131 cm³/mol. The van der Waals surface area contributed by atoms with Crippen LogP contribution in [0.2, 0.25) is 15.1 Å². The molecule has 3 aromatic rings. The van der Waals surface area contributed by atoms with Crippen molar-refractivity contribution in [3.05, 3.63) is 68.5 Å². The second-order valence-electron chi connectivity index (χ2n) is 7.35. The molecule has 0 spiro atoms. The molecule has 2 nitrogen and oxygen atoms in total. The molecule has 0 radical (unpaired) electrons. The van der Waals surface area contributed by atoms with Crippen molar-refractivity contribution in [1.29, 1.82) is 0 Å². The van der Waals surface area contributed by atoms with Gasteiger partial charge in [-0.15, -0.1) is 11.3 Å². The fourth-order valence-corrected chi connectivity index (χ4v) is 5.08. The van der Waals surface area contributed by atoms with Crippen molar-refractivity contribution >= 4 is 52.0 Å². The molecule has 1 atom stereocenters. The van der Waals surface area contributed by atoms with E-state index < -0.39 is 0 Å². The first-order valence-corrected chi connectivity index (χ1v) is 12.0. The molecular formula is C24H24Cl3NOS. The molecule has 0 saturated carbocycles. The molecule has 1 unspecified atom stereocenters. The highest BCUT2D eigenvalue weighted by Crippen LogP contribution is 2.43. The van der Waals surface area contributed by atoms with Crippen LogP contribution in [0.3, 0.4) is 0 Å². The average molecular weight is 481 g/mol. The van der Waals surface area contributed by atoms with Gasteiger partial charge < -0.3 is 5.32 Å². The lowest BCUT2D eigenvalue weighted by Crippen LogP contribution is -2.28. The Morgan fingerprint density at radius 1 is 1.00 bits per heavy atom. The van der Waals surface area contributed by atoms with Gasteiger partial charge in [-0.25, -0.2) is 0 Å². The summed E-state index contributed by atoms with van der Waals surface area (Å²) >= 11 is 20.3. The maximum atomic E-state index is 12.4. The van der Waals surface area contributed by atoms with Crippen LogP contribution >= 0.6 is 46.1 Å². The first-order chi connectivity index (χ1) is 14.4. The lowest BCUT2D eigenvalue weighted by Gasteiger charge is -2.10. The Morgan fingerprint density at radius 3 is 2.37 bits per heavy atom. The minimum absolute atomic E-state index is 0.0193. The van der Waals surface area contributed by atoms with Crippen LogP contribution in [0.5, 0.6) is 0 Å². The Balaban J connectivity index is 1.90. The van der Waals surface area contributed by atoms with E-state index in [9.17, 15) is 4.79 Å². The van der Waals surface area contributed by atoms with Gasteiger partial charge >= 0.3 is 0 Å². The Bertz CT molecular complexity index is 1010. The predicted octanol–water partition coefficient (Wildman–Crippen LogP) is 8.48. The van der Waals surface area contributed by atoms with Crippen LogP contribution in [-0.4, -0.2) is 5.91 Å². The van der Waals surface area contributed by atoms with E-state index in [1.165, 1.54) is 0 Å². The van der Waals surface area contributed by atoms with Crippen molar-refractivity contribution in [3.8, 4) is 21.6 Å². The largest absolute Gasteiger partial charge is 0.351 e. The van der Waals surface area contributed by atoms with Crippen LogP contribution in [0.25, 0.3) is 21.6 Å². The van der Waals surface area contributed by atoms with Crippen molar-refractivity contribution in [3.63, 3.8) is 0 Å². The number of carbonyl (C=O) groups excluding carboxylic acids is 1. The molecule has 1 N–H and O–H groups in total. The summed E-state index contributed by atoms with van der Waals surface area (Å²) in [4.78, 5) is 14.5. The molecule has 158 valence electrons. The van der Waals surface area contributed by atoms with Crippen molar-refractivity contribution in [2.45, 2.75) is 39.7 Å². The molecule has 0 bridgehead atoms. The second-order valence-corrected chi connectivity index (χ2v) is 9.76. The smallest absolute Gasteiger partial charge is 0.223 e. The van der Waals surface area contributed by atoms with Crippen molar-refractivity contribution < 1.29 is 4.79 Å². The number of hydrogen-bond acceptors (Lipinski definition) is 2. The third kappa shape index (κ3) is 5.79. The lowest BCUT2D eigenvalue weighted by atomic mass is 10.0. The van der Waals surface area contributed by atoms with Gasteiger partial charge in [-0.05, 0) is 42.3 Å². The fraction of sp³-hybridized carbons (Fsp3) is 0.292. The number of benzene rings is 2. The molecule has 0 aliphatic heterocycles. The fourth-order valence-electron chi connectivity index (χ4n) is 3.24. The number of halogens is 3. The van der Waals surface area contributed by atoms with Crippen LogP contribution in [0.1, 0.15) is 38.0 Å². The Kier molecular flexibility index (Phi) is 8.24. The maximum Gasteiger partial charge on any atom is 0.223 e. The second kappa shape index (κ2) is 10.7. The minimum Gasteiger partial charge on any atom is -0.351 e. The molecule has 1 aromatic heterocycles. The van der Waals surface area contributed by atoms with Gasteiger partial charge in [-0.1, -0.05) is 79.7 Å². The SMILES string of the molecule is CCCCC(C)C(=O)NCc1cc(-c2ccc(Cl)cc2)c(-c2ccc(Cl)cc2Cl)s1. The molecule has 3 rings (SSSR count). The highest BCUT2D eigenvalue weighted by atomic mass is 35.5. The molecule has 0 saturated heterocycles. The molecule has 0 aliphatic rings. The van der Waals surface area contributed by atoms with Gasteiger partial charge in [0, 0.05) is 36.8 Å². The normalized spacial score (nSPS) is 12.0. The third-order valence-electron chi connectivity index (χ3n) is 4.99. The maximum absolute atomic E-state index is 12.4. The molecule has 1 heterocycles. The molecule has 1 amide bonds. The van der Waals surface area contributed by atoms with E-state index in [-0.39, 0.29) is 11.8 Å². The van der Waals surface area contributed by atoms with Crippen LogP contribution < -0.4 is 5.32 Å². The highest BCUT2D eigenvalue weighted by molar-refractivity contribution is 7.16. The van der Waals surface area contributed by atoms with Crippen LogP contribution in [0.4, 0.5) is 0 Å². The van der Waals surface area contributed by atoms with Gasteiger partial charge in [0.25, 0.3) is 0 Å². The number of carbonyl (C=O) groups is 1. The Hall–Kier alpha value is -1.52. The van der Waals surface area contributed by atoms with Gasteiger partial charge in [-0.2, -0.15) is 0 Å². The number of amides is 1. The summed E-state index contributed by atoms with van der Waals surface area (Å²) < 4.78 is 0. The number of nitrogens with one attached hydrogen (secondary N) is 1. The Morgan fingerprint density at radius 2 is 1.70 bits per heavy atom. The number of unbranched alkanes of at least 4 members (excludes halogenated alkanes) is 1. The summed E-state index contributed by atoms with van der Waals surface area (Å²) in [7, 11) is 0. The van der Waals surface area contributed by atoms with E-state index in [0.717, 1.165) is 45.7 Å². The zero-order chi connectivity index (χ0) is 21.7. The van der Waals surface area contributed by atoms with Crippen molar-refractivity contribution in [2.24, 2.45) is 5.92 Å². The first-order valence-electron chi connectivity index (χ1n) is 10.0. The van der Waals surface area contributed by atoms with Gasteiger partial charge in [-0.3, -0.25) is 4.79 Å². The van der Waals surface area contributed by atoms with E-state index in [1.54, 1.807) is 17.4 Å². The number of rotatable bonds is 8. The van der Waals surface area contributed by atoms with Crippen LogP contribution in [0.15, 0.2) is 48.5 Å². The van der Waals surface area contributed by atoms with Gasteiger partial charge in [0.2, 0.25) is 5.91 Å². The third-order valence-corrected chi connectivity index (χ3v) is 6.96. The van der Waals surface area contributed by atoms with Gasteiger partial charge in [0.05, 0.1) is 11.6 Å². The Labute approximate surface area is 197 Å². The van der Waals surface area contributed by atoms with Crippen LogP contribution in [0, 0.1) is 5.92 Å². The van der Waals surface area contributed by atoms with Crippen LogP contribution in [-0.2, 0) is 11.3 Å². The van der Waals surface area contributed by atoms with E-state index in [4.69, 9.17) is 34.8 Å².